The molecule has 1 nitrogen and oxygen atoms in total. The van der Waals surface area contributed by atoms with Crippen LogP contribution in [0.5, 0.6) is 0 Å². The van der Waals surface area contributed by atoms with Crippen LogP contribution in [0, 0.1) is 26.2 Å². The Morgan fingerprint density at radius 3 is 2.00 bits per heavy atom. The van der Waals surface area contributed by atoms with Gasteiger partial charge in [0, 0.05) is 12.1 Å². The average molecular weight is 273 g/mol. The largest absolute Gasteiger partial charge is 0.312 e. The molecular formula is C19H31N. The lowest BCUT2D eigenvalue weighted by Gasteiger charge is -2.44. The zero-order valence-electron chi connectivity index (χ0n) is 14.2. The Kier molecular flexibility index (Phi) is 4.30. The second kappa shape index (κ2) is 5.52. The number of benzene rings is 1. The first-order valence-electron chi connectivity index (χ1n) is 8.03. The number of rotatable bonds is 4. The maximum atomic E-state index is 3.74. The van der Waals surface area contributed by atoms with Gasteiger partial charge in [0.2, 0.25) is 0 Å². The molecular weight excluding hydrogens is 242 g/mol. The van der Waals surface area contributed by atoms with Crippen molar-refractivity contribution in [1.82, 2.24) is 5.32 Å². The molecule has 1 aliphatic carbocycles. The second-order valence-corrected chi connectivity index (χ2v) is 8.01. The third kappa shape index (κ3) is 3.63. The van der Waals surface area contributed by atoms with E-state index < -0.39 is 0 Å². The molecule has 1 aromatic rings. The summed E-state index contributed by atoms with van der Waals surface area (Å²) >= 11 is 0. The molecule has 1 saturated carbocycles. The number of hydrogen-bond acceptors (Lipinski definition) is 1. The normalized spacial score (nSPS) is 17.9. The molecule has 1 aliphatic rings. The fourth-order valence-corrected chi connectivity index (χ4v) is 3.41. The quantitative estimate of drug-likeness (QED) is 0.837. The first kappa shape index (κ1) is 15.6. The van der Waals surface area contributed by atoms with E-state index in [1.54, 1.807) is 5.56 Å². The van der Waals surface area contributed by atoms with Crippen molar-refractivity contribution in [3.63, 3.8) is 0 Å². The summed E-state index contributed by atoms with van der Waals surface area (Å²) < 4.78 is 0. The van der Waals surface area contributed by atoms with Crippen LogP contribution in [0.15, 0.2) is 12.1 Å². The summed E-state index contributed by atoms with van der Waals surface area (Å²) in [6, 6.07) is 4.68. The molecule has 0 heterocycles. The molecule has 2 rings (SSSR count). The van der Waals surface area contributed by atoms with Gasteiger partial charge < -0.3 is 5.32 Å². The predicted octanol–water partition coefficient (Wildman–Crippen LogP) is 4.71. The Balaban J connectivity index is 2.14. The first-order chi connectivity index (χ1) is 9.21. The van der Waals surface area contributed by atoms with E-state index in [4.69, 9.17) is 0 Å². The van der Waals surface area contributed by atoms with Crippen molar-refractivity contribution in [2.75, 3.05) is 6.54 Å². The molecule has 0 radical (unpaired) electrons. The van der Waals surface area contributed by atoms with Gasteiger partial charge in [0.15, 0.2) is 0 Å². The van der Waals surface area contributed by atoms with Crippen LogP contribution in [-0.4, -0.2) is 12.1 Å². The maximum Gasteiger partial charge on any atom is 0.00967 e. The van der Waals surface area contributed by atoms with E-state index in [1.807, 2.05) is 0 Å². The molecule has 0 bridgehead atoms. The highest BCUT2D eigenvalue weighted by atomic mass is 15.0. The minimum Gasteiger partial charge on any atom is -0.312 e. The maximum absolute atomic E-state index is 3.74. The average Bonchev–Trinajstić information content (AvgIpc) is 2.23. The van der Waals surface area contributed by atoms with Crippen molar-refractivity contribution < 1.29 is 0 Å². The molecule has 1 aromatic carbocycles. The molecule has 1 fully saturated rings. The van der Waals surface area contributed by atoms with Crippen molar-refractivity contribution in [2.45, 2.75) is 72.8 Å². The molecule has 20 heavy (non-hydrogen) atoms. The van der Waals surface area contributed by atoms with Gasteiger partial charge in [-0.3, -0.25) is 0 Å². The molecule has 0 aromatic heterocycles. The molecule has 0 atom stereocenters. The van der Waals surface area contributed by atoms with E-state index in [1.165, 1.54) is 42.4 Å². The summed E-state index contributed by atoms with van der Waals surface area (Å²) in [6.07, 6.45) is 5.40. The van der Waals surface area contributed by atoms with E-state index in [0.717, 1.165) is 6.54 Å². The second-order valence-electron chi connectivity index (χ2n) is 8.01. The molecule has 0 saturated heterocycles. The minimum absolute atomic E-state index is 0.222. The highest BCUT2D eigenvalue weighted by molar-refractivity contribution is 5.38. The van der Waals surface area contributed by atoms with Gasteiger partial charge in [0.1, 0.15) is 0 Å². The predicted molar refractivity (Wildman–Crippen MR) is 88.4 cm³/mol. The smallest absolute Gasteiger partial charge is 0.00967 e. The Hall–Kier alpha value is -0.820. The Bertz CT molecular complexity index is 452. The monoisotopic (exact) mass is 273 g/mol. The molecule has 1 N–H and O–H groups in total. The van der Waals surface area contributed by atoms with Crippen molar-refractivity contribution >= 4 is 0 Å². The topological polar surface area (TPSA) is 12.0 Å². The highest BCUT2D eigenvalue weighted by Gasteiger charge is 2.38. The van der Waals surface area contributed by atoms with Crippen LogP contribution >= 0.6 is 0 Å². The standard InChI is InChI=1S/C19H31N/c1-14-10-15(2)17(16(3)11-14)12-19(8-7-9-19)13-20-18(4,5)6/h10-11,20H,7-9,12-13H2,1-6H3. The number of aryl methyl sites for hydroxylation is 3. The van der Waals surface area contributed by atoms with Crippen LogP contribution in [0.3, 0.4) is 0 Å². The highest BCUT2D eigenvalue weighted by Crippen LogP contribution is 2.44. The van der Waals surface area contributed by atoms with Gasteiger partial charge in [-0.2, -0.15) is 0 Å². The van der Waals surface area contributed by atoms with E-state index in [-0.39, 0.29) is 5.54 Å². The third-order valence-corrected chi connectivity index (χ3v) is 4.80. The Morgan fingerprint density at radius 2 is 1.60 bits per heavy atom. The van der Waals surface area contributed by atoms with Gasteiger partial charge in [-0.25, -0.2) is 0 Å². The van der Waals surface area contributed by atoms with Crippen LogP contribution < -0.4 is 5.32 Å². The SMILES string of the molecule is Cc1cc(C)c(CC2(CNC(C)(C)C)CCC2)c(C)c1. The van der Waals surface area contributed by atoms with E-state index in [0.29, 0.717) is 5.41 Å². The van der Waals surface area contributed by atoms with Crippen molar-refractivity contribution in [2.24, 2.45) is 5.41 Å². The lowest BCUT2D eigenvalue weighted by atomic mass is 9.64. The summed E-state index contributed by atoms with van der Waals surface area (Å²) in [7, 11) is 0. The molecule has 0 amide bonds. The summed E-state index contributed by atoms with van der Waals surface area (Å²) in [6.45, 7) is 14.7. The minimum atomic E-state index is 0.222. The van der Waals surface area contributed by atoms with Crippen LogP contribution in [0.4, 0.5) is 0 Å². The molecule has 0 spiro atoms. The molecule has 0 aliphatic heterocycles. The van der Waals surface area contributed by atoms with E-state index >= 15 is 0 Å². The summed E-state index contributed by atoms with van der Waals surface area (Å²) in [5.41, 5.74) is 6.65. The van der Waals surface area contributed by atoms with Gasteiger partial charge >= 0.3 is 0 Å². The van der Waals surface area contributed by atoms with Gasteiger partial charge in [0.05, 0.1) is 0 Å². The fraction of sp³-hybridized carbons (Fsp3) is 0.684. The van der Waals surface area contributed by atoms with Crippen molar-refractivity contribution in [1.29, 1.82) is 0 Å². The number of hydrogen-bond donors (Lipinski definition) is 1. The Labute approximate surface area is 125 Å². The van der Waals surface area contributed by atoms with Crippen LogP contribution in [0.2, 0.25) is 0 Å². The van der Waals surface area contributed by atoms with Crippen LogP contribution in [0.1, 0.15) is 62.3 Å². The van der Waals surface area contributed by atoms with Gasteiger partial charge in [-0.1, -0.05) is 24.1 Å². The van der Waals surface area contributed by atoms with E-state index in [2.05, 4.69) is 59.0 Å². The van der Waals surface area contributed by atoms with Gasteiger partial charge in [-0.05, 0) is 82.9 Å². The van der Waals surface area contributed by atoms with Gasteiger partial charge in [0.25, 0.3) is 0 Å². The molecule has 0 unspecified atom stereocenters. The third-order valence-electron chi connectivity index (χ3n) is 4.80. The van der Waals surface area contributed by atoms with Crippen LogP contribution in [0.25, 0.3) is 0 Å². The van der Waals surface area contributed by atoms with Gasteiger partial charge in [-0.15, -0.1) is 0 Å². The molecule has 1 heteroatoms. The lowest BCUT2D eigenvalue weighted by molar-refractivity contribution is 0.118. The number of nitrogens with one attached hydrogen (secondary N) is 1. The zero-order chi connectivity index (χ0) is 15.0. The lowest BCUT2D eigenvalue weighted by Crippen LogP contribution is -2.48. The summed E-state index contributed by atoms with van der Waals surface area (Å²) in [5.74, 6) is 0. The first-order valence-corrected chi connectivity index (χ1v) is 8.03. The van der Waals surface area contributed by atoms with Crippen molar-refractivity contribution in [3.8, 4) is 0 Å². The van der Waals surface area contributed by atoms with Crippen molar-refractivity contribution in [3.05, 3.63) is 34.4 Å². The van der Waals surface area contributed by atoms with E-state index in [9.17, 15) is 0 Å². The molecule has 112 valence electrons. The summed E-state index contributed by atoms with van der Waals surface area (Å²) in [5, 5.41) is 3.74. The van der Waals surface area contributed by atoms with Crippen LogP contribution in [-0.2, 0) is 6.42 Å². The fourth-order valence-electron chi connectivity index (χ4n) is 3.41. The Morgan fingerprint density at radius 1 is 1.05 bits per heavy atom. The zero-order valence-corrected chi connectivity index (χ0v) is 14.2. The summed E-state index contributed by atoms with van der Waals surface area (Å²) in [4.78, 5) is 0.